The zero-order valence-corrected chi connectivity index (χ0v) is 15.4. The lowest BCUT2D eigenvalue weighted by molar-refractivity contribution is 0.185. The van der Waals surface area contributed by atoms with E-state index in [-0.39, 0.29) is 21.7 Å². The van der Waals surface area contributed by atoms with Crippen molar-refractivity contribution in [1.82, 2.24) is 9.62 Å². The van der Waals surface area contributed by atoms with Crippen LogP contribution in [0.5, 0.6) is 0 Å². The van der Waals surface area contributed by atoms with Gasteiger partial charge in [-0.1, -0.05) is 6.92 Å². The average Bonchev–Trinajstić information content (AvgIpc) is 2.90. The van der Waals surface area contributed by atoms with Crippen LogP contribution in [0.1, 0.15) is 24.3 Å². The highest BCUT2D eigenvalue weighted by molar-refractivity contribution is 7.92. The second-order valence-corrected chi connectivity index (χ2v) is 9.94. The normalized spacial score (nSPS) is 21.3. The highest BCUT2D eigenvalue weighted by Gasteiger charge is 2.39. The second-order valence-electron chi connectivity index (χ2n) is 5.16. The number of fused-ring (bicyclic) bond motifs is 1. The Morgan fingerprint density at radius 3 is 2.78 bits per heavy atom. The molecule has 1 atom stereocenters. The van der Waals surface area contributed by atoms with Crippen LogP contribution in [0.3, 0.4) is 0 Å². The summed E-state index contributed by atoms with van der Waals surface area (Å²) in [5, 5.41) is 8.35. The zero-order valence-electron chi connectivity index (χ0n) is 13.0. The molecule has 1 aliphatic rings. The number of methoxy groups -OCH3 is 1. The van der Waals surface area contributed by atoms with E-state index in [2.05, 4.69) is 5.32 Å². The molecule has 23 heavy (non-hydrogen) atoms. The van der Waals surface area contributed by atoms with E-state index in [0.29, 0.717) is 31.0 Å². The Hall–Kier alpha value is -0.560. The summed E-state index contributed by atoms with van der Waals surface area (Å²) in [5.41, 5.74) is 0. The fraction of sp³-hybridized carbons (Fsp3) is 0.667. The molecule has 0 aromatic carbocycles. The molecule has 1 aliphatic heterocycles. The predicted octanol–water partition coefficient (Wildman–Crippen LogP) is 0.0869. The first kappa shape index (κ1) is 18.8. The number of nitrogens with one attached hydrogen (secondary N) is 1. The van der Waals surface area contributed by atoms with Gasteiger partial charge in [0.05, 0.1) is 10.9 Å². The number of nitrogens with zero attached hydrogens (tertiary/aromatic N) is 1. The Morgan fingerprint density at radius 1 is 1.52 bits per heavy atom. The highest BCUT2D eigenvalue weighted by atomic mass is 32.2. The van der Waals surface area contributed by atoms with Crippen molar-refractivity contribution in [3.63, 3.8) is 0 Å². The number of hydrogen-bond donors (Lipinski definition) is 2. The minimum absolute atomic E-state index is 0.0288. The molecule has 0 unspecified atom stereocenters. The first-order valence-electron chi connectivity index (χ1n) is 7.10. The number of nitrogens with two attached hydrogens (primary N) is 1. The van der Waals surface area contributed by atoms with Gasteiger partial charge < -0.3 is 10.1 Å². The molecule has 0 spiro atoms. The van der Waals surface area contributed by atoms with Crippen molar-refractivity contribution < 1.29 is 21.6 Å². The van der Waals surface area contributed by atoms with Crippen LogP contribution in [-0.4, -0.2) is 54.5 Å². The van der Waals surface area contributed by atoms with Crippen LogP contribution < -0.4 is 10.5 Å². The fourth-order valence-electron chi connectivity index (χ4n) is 2.48. The molecule has 8 nitrogen and oxygen atoms in total. The van der Waals surface area contributed by atoms with Crippen LogP contribution in [0, 0.1) is 0 Å². The monoisotopic (exact) mass is 383 g/mol. The summed E-state index contributed by atoms with van der Waals surface area (Å²) in [7, 11) is -6.10. The summed E-state index contributed by atoms with van der Waals surface area (Å²) in [6, 6.07) is 0.916. The van der Waals surface area contributed by atoms with Gasteiger partial charge in [0.2, 0.25) is 20.0 Å². The van der Waals surface area contributed by atoms with Crippen LogP contribution in [-0.2, 0) is 24.8 Å². The Balaban J connectivity index is 2.44. The van der Waals surface area contributed by atoms with Crippen molar-refractivity contribution in [2.45, 2.75) is 28.5 Å². The molecule has 0 radical (unpaired) electrons. The van der Waals surface area contributed by atoms with E-state index < -0.39 is 20.0 Å². The van der Waals surface area contributed by atoms with Gasteiger partial charge in [0.1, 0.15) is 4.21 Å². The van der Waals surface area contributed by atoms with Crippen molar-refractivity contribution in [2.75, 3.05) is 33.4 Å². The van der Waals surface area contributed by atoms with Gasteiger partial charge in [-0.25, -0.2) is 22.0 Å². The molecule has 0 bridgehead atoms. The standard InChI is InChI=1S/C12H21N3O5S3/c1-3-14-9-8-15(5-4-6-20-2)23(18,19)10-7-11(21-12(9)10)22(13,16)17/h7,9,14H,3-6,8H2,1-2H3,(H2,13,16,17)/t9-/m0/s1. The third-order valence-electron chi connectivity index (χ3n) is 3.51. The van der Waals surface area contributed by atoms with E-state index in [0.717, 1.165) is 17.4 Å². The molecule has 0 amide bonds. The van der Waals surface area contributed by atoms with Crippen LogP contribution >= 0.6 is 11.3 Å². The van der Waals surface area contributed by atoms with E-state index in [4.69, 9.17) is 9.88 Å². The van der Waals surface area contributed by atoms with Crippen molar-refractivity contribution in [2.24, 2.45) is 5.14 Å². The number of likely N-dealkylation sites (N-methyl/N-ethyl adjacent to an activating group) is 1. The van der Waals surface area contributed by atoms with Crippen LogP contribution in [0.25, 0.3) is 0 Å². The molecule has 1 aromatic heterocycles. The van der Waals surface area contributed by atoms with Gasteiger partial charge in [-0.05, 0) is 19.0 Å². The fourth-order valence-corrected chi connectivity index (χ4v) is 6.59. The molecule has 0 fully saturated rings. The molecule has 3 N–H and O–H groups in total. The zero-order chi connectivity index (χ0) is 17.3. The van der Waals surface area contributed by atoms with Crippen molar-refractivity contribution >= 4 is 31.4 Å². The molecule has 1 aromatic rings. The molecule has 2 heterocycles. The van der Waals surface area contributed by atoms with E-state index in [1.54, 1.807) is 7.11 Å². The van der Waals surface area contributed by atoms with Crippen LogP contribution in [0.2, 0.25) is 0 Å². The van der Waals surface area contributed by atoms with Gasteiger partial charge >= 0.3 is 0 Å². The molecular formula is C12H21N3O5S3. The van der Waals surface area contributed by atoms with Crippen LogP contribution in [0.15, 0.2) is 15.2 Å². The summed E-state index contributed by atoms with van der Waals surface area (Å²) in [6.07, 6.45) is 0.566. The van der Waals surface area contributed by atoms with E-state index >= 15 is 0 Å². The summed E-state index contributed by atoms with van der Waals surface area (Å²) in [5.74, 6) is 0. The van der Waals surface area contributed by atoms with Gasteiger partial charge in [0.25, 0.3) is 0 Å². The van der Waals surface area contributed by atoms with Crippen molar-refractivity contribution in [3.8, 4) is 0 Å². The number of sulfonamides is 2. The smallest absolute Gasteiger partial charge is 0.247 e. The maximum Gasteiger partial charge on any atom is 0.247 e. The largest absolute Gasteiger partial charge is 0.385 e. The second kappa shape index (κ2) is 7.13. The number of hydrogen-bond acceptors (Lipinski definition) is 7. The molecule has 0 aliphatic carbocycles. The number of ether oxygens (including phenoxy) is 1. The minimum Gasteiger partial charge on any atom is -0.385 e. The first-order valence-corrected chi connectivity index (χ1v) is 10.9. The van der Waals surface area contributed by atoms with Gasteiger partial charge in [-0.3, -0.25) is 0 Å². The lowest BCUT2D eigenvalue weighted by Gasteiger charge is -2.32. The van der Waals surface area contributed by atoms with Gasteiger partial charge in [-0.2, -0.15) is 4.31 Å². The van der Waals surface area contributed by atoms with E-state index in [1.165, 1.54) is 4.31 Å². The topological polar surface area (TPSA) is 119 Å². The summed E-state index contributed by atoms with van der Waals surface area (Å²) in [6.45, 7) is 3.58. The van der Waals surface area contributed by atoms with Crippen molar-refractivity contribution in [1.29, 1.82) is 0 Å². The summed E-state index contributed by atoms with van der Waals surface area (Å²) < 4.78 is 54.8. The molecule has 132 valence electrons. The molecule has 11 heteroatoms. The number of thiophene rings is 1. The van der Waals surface area contributed by atoms with Crippen molar-refractivity contribution in [3.05, 3.63) is 10.9 Å². The molecule has 2 rings (SSSR count). The SMILES string of the molecule is CCN[C@H]1CN(CCCOC)S(=O)(=O)c2cc(S(N)(=O)=O)sc21. The molecule has 0 saturated carbocycles. The minimum atomic E-state index is -3.94. The maximum atomic E-state index is 12.7. The average molecular weight is 384 g/mol. The van der Waals surface area contributed by atoms with Gasteiger partial charge in [0, 0.05) is 31.7 Å². The quantitative estimate of drug-likeness (QED) is 0.644. The Labute approximate surface area is 140 Å². The van der Waals surface area contributed by atoms with E-state index in [9.17, 15) is 16.8 Å². The summed E-state index contributed by atoms with van der Waals surface area (Å²) in [4.78, 5) is 0.528. The predicted molar refractivity (Wildman–Crippen MR) is 87.4 cm³/mol. The Morgan fingerprint density at radius 2 is 2.22 bits per heavy atom. The van der Waals surface area contributed by atoms with Crippen LogP contribution in [0.4, 0.5) is 0 Å². The Bertz CT molecular complexity index is 757. The lowest BCUT2D eigenvalue weighted by atomic mass is 10.2. The number of rotatable bonds is 7. The maximum absolute atomic E-state index is 12.7. The first-order chi connectivity index (χ1) is 10.7. The third-order valence-corrected chi connectivity index (χ3v) is 8.21. The molecule has 0 saturated heterocycles. The number of primary sulfonamides is 1. The lowest BCUT2D eigenvalue weighted by Crippen LogP contribution is -2.43. The van der Waals surface area contributed by atoms with Gasteiger partial charge in [-0.15, -0.1) is 11.3 Å². The Kier molecular flexibility index (Phi) is 5.82. The van der Waals surface area contributed by atoms with Gasteiger partial charge in [0.15, 0.2) is 0 Å². The third kappa shape index (κ3) is 3.92. The molecular weight excluding hydrogens is 362 g/mol. The highest BCUT2D eigenvalue weighted by Crippen LogP contribution is 2.39. The van der Waals surface area contributed by atoms with E-state index in [1.807, 2.05) is 6.92 Å². The summed E-state index contributed by atoms with van der Waals surface area (Å²) >= 11 is 0.917.